The number of rotatable bonds is 4. The van der Waals surface area contributed by atoms with Gasteiger partial charge < -0.3 is 4.90 Å². The molecule has 0 saturated carbocycles. The maximum absolute atomic E-state index is 13.7. The minimum Gasteiger partial charge on any atom is -0.366 e. The van der Waals surface area contributed by atoms with E-state index in [0.29, 0.717) is 47.4 Å². The van der Waals surface area contributed by atoms with Crippen LogP contribution in [0.25, 0.3) is 5.57 Å². The summed E-state index contributed by atoms with van der Waals surface area (Å²) in [4.78, 5) is 41.4. The number of benzene rings is 2. The summed E-state index contributed by atoms with van der Waals surface area (Å²) in [5, 5.41) is 11.1. The highest BCUT2D eigenvalue weighted by molar-refractivity contribution is 6.45. The Balaban J connectivity index is 1.86. The normalized spacial score (nSPS) is 21.5. The van der Waals surface area contributed by atoms with E-state index in [4.69, 9.17) is 0 Å². The summed E-state index contributed by atoms with van der Waals surface area (Å²) in [5.41, 5.74) is 3.61. The van der Waals surface area contributed by atoms with E-state index in [1.165, 1.54) is 17.0 Å². The van der Waals surface area contributed by atoms with Gasteiger partial charge >= 0.3 is 0 Å². The number of likely N-dealkylation sites (tertiary alicyclic amines) is 1. The van der Waals surface area contributed by atoms with Gasteiger partial charge in [-0.1, -0.05) is 26.0 Å². The molecular weight excluding hydrogens is 406 g/mol. The van der Waals surface area contributed by atoms with Crippen LogP contribution in [0.1, 0.15) is 37.0 Å². The summed E-state index contributed by atoms with van der Waals surface area (Å²) >= 11 is 0. The van der Waals surface area contributed by atoms with Gasteiger partial charge in [0.05, 0.1) is 16.2 Å². The summed E-state index contributed by atoms with van der Waals surface area (Å²) < 4.78 is 0. The van der Waals surface area contributed by atoms with Crippen molar-refractivity contribution in [3.05, 3.63) is 75.0 Å². The molecular formula is C25H27N3O4. The predicted octanol–water partition coefficient (Wildman–Crippen LogP) is 4.47. The number of non-ortho nitro benzene ring substituents is 1. The molecule has 2 aromatic rings. The van der Waals surface area contributed by atoms with Crippen molar-refractivity contribution in [3.63, 3.8) is 0 Å². The number of nitro groups is 1. The van der Waals surface area contributed by atoms with Crippen molar-refractivity contribution in [2.75, 3.05) is 18.0 Å². The number of imide groups is 1. The molecule has 7 nitrogen and oxygen atoms in total. The summed E-state index contributed by atoms with van der Waals surface area (Å²) in [5.74, 6) is 0.0563. The first-order valence-electron chi connectivity index (χ1n) is 10.9. The fourth-order valence-corrected chi connectivity index (χ4v) is 4.86. The molecule has 0 aliphatic carbocycles. The van der Waals surface area contributed by atoms with Crippen molar-refractivity contribution in [2.45, 2.75) is 34.1 Å². The van der Waals surface area contributed by atoms with Crippen LogP contribution < -0.4 is 4.90 Å². The van der Waals surface area contributed by atoms with E-state index in [1.54, 1.807) is 18.2 Å². The van der Waals surface area contributed by atoms with E-state index in [9.17, 15) is 19.7 Å². The lowest BCUT2D eigenvalue weighted by molar-refractivity contribution is -0.384. The first kappa shape index (κ1) is 21.7. The molecule has 2 amide bonds. The maximum atomic E-state index is 13.7. The Labute approximate surface area is 187 Å². The van der Waals surface area contributed by atoms with Crippen molar-refractivity contribution in [1.29, 1.82) is 0 Å². The minimum atomic E-state index is -0.475. The van der Waals surface area contributed by atoms with Crippen LogP contribution >= 0.6 is 0 Å². The van der Waals surface area contributed by atoms with E-state index in [0.717, 1.165) is 17.5 Å². The number of piperidine rings is 1. The van der Waals surface area contributed by atoms with Gasteiger partial charge in [-0.3, -0.25) is 19.7 Å². The second-order valence-corrected chi connectivity index (χ2v) is 9.04. The first-order valence-corrected chi connectivity index (χ1v) is 10.9. The zero-order chi connectivity index (χ0) is 23.2. The Kier molecular flexibility index (Phi) is 5.59. The number of hydrogen-bond donors (Lipinski definition) is 0. The van der Waals surface area contributed by atoms with E-state index in [1.807, 2.05) is 30.9 Å². The van der Waals surface area contributed by atoms with Gasteiger partial charge in [-0.15, -0.1) is 0 Å². The number of anilines is 1. The second kappa shape index (κ2) is 8.22. The summed E-state index contributed by atoms with van der Waals surface area (Å²) in [6.07, 6.45) is 1.07. The monoisotopic (exact) mass is 433 g/mol. The number of nitro benzene ring substituents is 1. The van der Waals surface area contributed by atoms with E-state index in [2.05, 4.69) is 13.8 Å². The zero-order valence-electron chi connectivity index (χ0n) is 18.8. The highest BCUT2D eigenvalue weighted by atomic mass is 16.6. The molecule has 2 atom stereocenters. The van der Waals surface area contributed by atoms with Crippen LogP contribution in [0.4, 0.5) is 11.4 Å². The Bertz CT molecular complexity index is 1130. The van der Waals surface area contributed by atoms with Crippen molar-refractivity contribution in [1.82, 2.24) is 4.90 Å². The second-order valence-electron chi connectivity index (χ2n) is 9.04. The molecule has 4 rings (SSSR count). The molecule has 2 heterocycles. The molecule has 166 valence electrons. The van der Waals surface area contributed by atoms with Crippen LogP contribution in [0.5, 0.6) is 0 Å². The highest BCUT2D eigenvalue weighted by Crippen LogP contribution is 2.38. The quantitative estimate of drug-likeness (QED) is 0.403. The van der Waals surface area contributed by atoms with Gasteiger partial charge in [0.25, 0.3) is 17.5 Å². The molecule has 0 spiro atoms. The standard InChI is InChI=1S/C25H27N3O4/c1-15-12-16(2)14-26(13-15)23-22(19-8-10-20(11-9-19)28(31)32)24(29)27(25(23)30)21-7-5-6-17(3)18(21)4/h5-11,15-16H,12-14H2,1-4H3. The largest absolute Gasteiger partial charge is 0.366 e. The van der Waals surface area contributed by atoms with Gasteiger partial charge in [-0.25, -0.2) is 4.90 Å². The molecule has 0 N–H and O–H groups in total. The lowest BCUT2D eigenvalue weighted by atomic mass is 9.91. The number of amides is 2. The van der Waals surface area contributed by atoms with Gasteiger partial charge in [-0.2, -0.15) is 0 Å². The number of carbonyl (C=O) groups excluding carboxylic acids is 2. The van der Waals surface area contributed by atoms with Gasteiger partial charge in [0.2, 0.25) is 0 Å². The summed E-state index contributed by atoms with van der Waals surface area (Å²) in [6.45, 7) is 9.53. The first-order chi connectivity index (χ1) is 15.2. The molecule has 2 aliphatic rings. The molecule has 2 aliphatic heterocycles. The fourth-order valence-electron chi connectivity index (χ4n) is 4.86. The number of carbonyl (C=O) groups is 2. The third-order valence-corrected chi connectivity index (χ3v) is 6.43. The molecule has 0 radical (unpaired) electrons. The lowest BCUT2D eigenvalue weighted by Crippen LogP contribution is -2.42. The predicted molar refractivity (Wildman–Crippen MR) is 123 cm³/mol. The topological polar surface area (TPSA) is 83.8 Å². The zero-order valence-corrected chi connectivity index (χ0v) is 18.8. The average molecular weight is 434 g/mol. The molecule has 2 aromatic carbocycles. The molecule has 7 heteroatoms. The Morgan fingerprint density at radius 1 is 0.938 bits per heavy atom. The van der Waals surface area contributed by atoms with Crippen molar-refractivity contribution < 1.29 is 14.5 Å². The Morgan fingerprint density at radius 2 is 1.56 bits per heavy atom. The third kappa shape index (κ3) is 3.68. The lowest BCUT2D eigenvalue weighted by Gasteiger charge is -2.37. The molecule has 0 bridgehead atoms. The van der Waals surface area contributed by atoms with Crippen LogP contribution in [0.15, 0.2) is 48.2 Å². The molecule has 1 saturated heterocycles. The Hall–Kier alpha value is -3.48. The average Bonchev–Trinajstić information content (AvgIpc) is 2.99. The minimum absolute atomic E-state index is 0.0562. The number of nitrogens with zero attached hydrogens (tertiary/aromatic N) is 3. The smallest absolute Gasteiger partial charge is 0.282 e. The summed E-state index contributed by atoms with van der Waals surface area (Å²) in [7, 11) is 0. The molecule has 2 unspecified atom stereocenters. The number of hydrogen-bond acceptors (Lipinski definition) is 5. The number of aryl methyl sites for hydroxylation is 1. The van der Waals surface area contributed by atoms with Gasteiger partial charge in [0, 0.05) is 25.2 Å². The van der Waals surface area contributed by atoms with Crippen LogP contribution in [0.3, 0.4) is 0 Å². The molecule has 0 aromatic heterocycles. The summed E-state index contributed by atoms with van der Waals surface area (Å²) in [6, 6.07) is 11.4. The van der Waals surface area contributed by atoms with Crippen molar-refractivity contribution in [2.24, 2.45) is 11.8 Å². The SMILES string of the molecule is Cc1cccc(N2C(=O)C(c3ccc([N+](=O)[O-])cc3)=C(N3CC(C)CC(C)C3)C2=O)c1C. The maximum Gasteiger partial charge on any atom is 0.282 e. The fraction of sp³-hybridized carbons (Fsp3) is 0.360. The molecule has 32 heavy (non-hydrogen) atoms. The van der Waals surface area contributed by atoms with E-state index < -0.39 is 10.8 Å². The molecule has 1 fully saturated rings. The van der Waals surface area contributed by atoms with Crippen molar-refractivity contribution >= 4 is 28.8 Å². The van der Waals surface area contributed by atoms with Crippen LogP contribution in [0, 0.1) is 35.8 Å². The van der Waals surface area contributed by atoms with E-state index in [-0.39, 0.29) is 11.6 Å². The van der Waals surface area contributed by atoms with Crippen molar-refractivity contribution in [3.8, 4) is 0 Å². The van der Waals surface area contributed by atoms with E-state index >= 15 is 0 Å². The van der Waals surface area contributed by atoms with Gasteiger partial charge in [0.15, 0.2) is 0 Å². The third-order valence-electron chi connectivity index (χ3n) is 6.43. The Morgan fingerprint density at radius 3 is 2.16 bits per heavy atom. The van der Waals surface area contributed by atoms with Crippen LogP contribution in [0.2, 0.25) is 0 Å². The van der Waals surface area contributed by atoms with Gasteiger partial charge in [0.1, 0.15) is 5.70 Å². The van der Waals surface area contributed by atoms with Gasteiger partial charge in [-0.05, 0) is 67.0 Å². The van der Waals surface area contributed by atoms with Crippen LogP contribution in [-0.4, -0.2) is 34.7 Å². The highest BCUT2D eigenvalue weighted by Gasteiger charge is 2.44. The van der Waals surface area contributed by atoms with Crippen LogP contribution in [-0.2, 0) is 9.59 Å².